The molecule has 2 aliphatic rings. The Hall–Kier alpha value is -2.84. The van der Waals surface area contributed by atoms with Gasteiger partial charge in [0.1, 0.15) is 6.07 Å². The Balaban J connectivity index is 1.04. The average molecular weight is 501 g/mol. The fourth-order valence-corrected chi connectivity index (χ4v) is 6.62. The van der Waals surface area contributed by atoms with Gasteiger partial charge in [-0.1, -0.05) is 6.42 Å². The van der Waals surface area contributed by atoms with E-state index in [2.05, 4.69) is 26.3 Å². The van der Waals surface area contributed by atoms with E-state index in [0.717, 1.165) is 41.7 Å². The summed E-state index contributed by atoms with van der Waals surface area (Å²) in [5, 5.41) is 21.5. The molecule has 2 aromatic rings. The molecule has 2 saturated heterocycles. The van der Waals surface area contributed by atoms with Gasteiger partial charge >= 0.3 is 6.03 Å². The van der Waals surface area contributed by atoms with E-state index in [0.29, 0.717) is 41.8 Å². The molecule has 0 unspecified atom stereocenters. The largest absolute Gasteiger partial charge is 0.356 e. The minimum Gasteiger partial charge on any atom is -0.356 e. The topological polar surface area (TPSA) is 136 Å². The standard InChI is InChI=1S/C23H28N6O3S2/c24-12-21-27-15-9-8-14(11-18(15)34-21)26-20(31)7-3-4-10-25-19(30)6-2-1-5-17-22-16(13-33-17)28-23(32)29-22/h8-9,11,16-17,22H,1-7,10,13H2,(H,25,30)(H,26,31)(H2,28,29,32)/t16-,17-,22-/m0/s1. The first kappa shape index (κ1) is 24.3. The highest BCUT2D eigenvalue weighted by Crippen LogP contribution is 2.33. The predicted molar refractivity (Wildman–Crippen MR) is 134 cm³/mol. The van der Waals surface area contributed by atoms with Crippen LogP contribution in [0.3, 0.4) is 0 Å². The molecule has 9 nitrogen and oxygen atoms in total. The average Bonchev–Trinajstić information content (AvgIpc) is 3.50. The van der Waals surface area contributed by atoms with Crippen molar-refractivity contribution >= 4 is 56.8 Å². The van der Waals surface area contributed by atoms with Crippen LogP contribution in [-0.4, -0.2) is 52.5 Å². The first-order chi connectivity index (χ1) is 16.5. The summed E-state index contributed by atoms with van der Waals surface area (Å²) in [6, 6.07) is 7.84. The summed E-state index contributed by atoms with van der Waals surface area (Å²) in [6.45, 7) is 0.565. The van der Waals surface area contributed by atoms with Crippen molar-refractivity contribution in [2.75, 3.05) is 17.6 Å². The second kappa shape index (κ2) is 11.5. The van der Waals surface area contributed by atoms with Crippen molar-refractivity contribution in [3.8, 4) is 6.07 Å². The molecule has 0 spiro atoms. The zero-order valence-corrected chi connectivity index (χ0v) is 20.4. The van der Waals surface area contributed by atoms with Gasteiger partial charge in [-0.25, -0.2) is 9.78 Å². The van der Waals surface area contributed by atoms with Crippen molar-refractivity contribution in [2.45, 2.75) is 62.3 Å². The molecule has 4 amide bonds. The van der Waals surface area contributed by atoms with Crippen LogP contribution in [0.4, 0.5) is 10.5 Å². The number of unbranched alkanes of at least 4 members (excludes halogenated alkanes) is 2. The van der Waals surface area contributed by atoms with E-state index >= 15 is 0 Å². The van der Waals surface area contributed by atoms with Gasteiger partial charge in [-0.2, -0.15) is 17.0 Å². The molecule has 3 heterocycles. The molecule has 1 aromatic heterocycles. The van der Waals surface area contributed by atoms with Crippen molar-refractivity contribution in [3.05, 3.63) is 23.2 Å². The number of thioether (sulfide) groups is 1. The summed E-state index contributed by atoms with van der Waals surface area (Å²) in [6.07, 6.45) is 5.13. The van der Waals surface area contributed by atoms with Gasteiger partial charge in [0.25, 0.3) is 0 Å². The number of carbonyl (C=O) groups is 3. The van der Waals surface area contributed by atoms with Gasteiger partial charge in [0.15, 0.2) is 5.01 Å². The maximum Gasteiger partial charge on any atom is 0.315 e. The third-order valence-electron chi connectivity index (χ3n) is 6.00. The number of urea groups is 1. The summed E-state index contributed by atoms with van der Waals surface area (Å²) in [5.41, 5.74) is 1.44. The summed E-state index contributed by atoms with van der Waals surface area (Å²) in [5.74, 6) is 0.931. The lowest BCUT2D eigenvalue weighted by atomic mass is 10.0. The number of nitrogens with zero attached hydrogens (tertiary/aromatic N) is 2. The van der Waals surface area contributed by atoms with E-state index in [1.807, 2.05) is 23.9 Å². The molecule has 0 bridgehead atoms. The van der Waals surface area contributed by atoms with Gasteiger partial charge < -0.3 is 21.3 Å². The summed E-state index contributed by atoms with van der Waals surface area (Å²) < 4.78 is 0.866. The summed E-state index contributed by atoms with van der Waals surface area (Å²) in [7, 11) is 0. The third kappa shape index (κ3) is 6.39. The van der Waals surface area contributed by atoms with Crippen LogP contribution in [0, 0.1) is 11.3 Å². The van der Waals surface area contributed by atoms with Crippen LogP contribution in [0.2, 0.25) is 0 Å². The van der Waals surface area contributed by atoms with Crippen LogP contribution in [0.5, 0.6) is 0 Å². The Morgan fingerprint density at radius 2 is 1.97 bits per heavy atom. The van der Waals surface area contributed by atoms with Crippen LogP contribution < -0.4 is 21.3 Å². The van der Waals surface area contributed by atoms with E-state index in [1.165, 1.54) is 11.3 Å². The number of anilines is 1. The van der Waals surface area contributed by atoms with Gasteiger partial charge in [-0.3, -0.25) is 9.59 Å². The molecule has 1 aromatic carbocycles. The molecule has 0 saturated carbocycles. The van der Waals surface area contributed by atoms with Gasteiger partial charge in [-0.05, 0) is 43.9 Å². The SMILES string of the molecule is N#Cc1nc2ccc(NC(=O)CCCCNC(=O)CCCC[C@@H]3SC[C@@H]4NC(=O)N[C@@H]43)cc2s1. The van der Waals surface area contributed by atoms with E-state index < -0.39 is 0 Å². The number of amides is 4. The number of hydrogen-bond donors (Lipinski definition) is 4. The third-order valence-corrected chi connectivity index (χ3v) is 8.43. The number of benzene rings is 1. The Labute approximate surface area is 206 Å². The number of hydrogen-bond acceptors (Lipinski definition) is 7. The highest BCUT2D eigenvalue weighted by Gasteiger charge is 2.42. The monoisotopic (exact) mass is 500 g/mol. The van der Waals surface area contributed by atoms with Crippen LogP contribution in [-0.2, 0) is 9.59 Å². The Morgan fingerprint density at radius 3 is 2.82 bits per heavy atom. The van der Waals surface area contributed by atoms with Crippen molar-refractivity contribution in [3.63, 3.8) is 0 Å². The molecule has 0 radical (unpaired) electrons. The molecule has 3 atom stereocenters. The van der Waals surface area contributed by atoms with Crippen molar-refractivity contribution in [1.29, 1.82) is 5.26 Å². The molecule has 2 fully saturated rings. The number of nitriles is 1. The molecule has 4 N–H and O–H groups in total. The maximum atomic E-state index is 12.2. The molecule has 180 valence electrons. The van der Waals surface area contributed by atoms with Crippen LogP contribution >= 0.6 is 23.1 Å². The number of nitrogens with one attached hydrogen (secondary N) is 4. The second-order valence-corrected chi connectivity index (χ2v) is 10.8. The van der Waals surface area contributed by atoms with Crippen molar-refractivity contribution in [2.24, 2.45) is 0 Å². The van der Waals surface area contributed by atoms with Crippen LogP contribution in [0.1, 0.15) is 50.0 Å². The molecular formula is C23H28N6O3S2. The Bertz CT molecular complexity index is 1100. The van der Waals surface area contributed by atoms with Crippen LogP contribution in [0.15, 0.2) is 18.2 Å². The predicted octanol–water partition coefficient (Wildman–Crippen LogP) is 3.12. The fourth-order valence-electron chi connectivity index (χ4n) is 4.27. The van der Waals surface area contributed by atoms with Crippen molar-refractivity contribution < 1.29 is 14.4 Å². The minimum atomic E-state index is -0.0728. The molecule has 4 rings (SSSR count). The first-order valence-corrected chi connectivity index (χ1v) is 13.4. The second-order valence-electron chi connectivity index (χ2n) is 8.54. The zero-order valence-electron chi connectivity index (χ0n) is 18.8. The maximum absolute atomic E-state index is 12.2. The summed E-state index contributed by atoms with van der Waals surface area (Å²) >= 11 is 3.20. The minimum absolute atomic E-state index is 0.0480. The molecule has 34 heavy (non-hydrogen) atoms. The zero-order chi connectivity index (χ0) is 23.9. The highest BCUT2D eigenvalue weighted by molar-refractivity contribution is 8.00. The quantitative estimate of drug-likeness (QED) is 0.276. The number of fused-ring (bicyclic) bond motifs is 2. The van der Waals surface area contributed by atoms with Gasteiger partial charge in [0, 0.05) is 36.1 Å². The van der Waals surface area contributed by atoms with Gasteiger partial charge in [0.2, 0.25) is 11.8 Å². The Kier molecular flexibility index (Phi) is 8.24. The summed E-state index contributed by atoms with van der Waals surface area (Å²) in [4.78, 5) is 39.8. The fraction of sp³-hybridized carbons (Fsp3) is 0.522. The molecule has 11 heteroatoms. The lowest BCUT2D eigenvalue weighted by Crippen LogP contribution is -2.36. The molecule has 0 aliphatic carbocycles. The molecule has 2 aliphatic heterocycles. The number of carbonyl (C=O) groups excluding carboxylic acids is 3. The lowest BCUT2D eigenvalue weighted by Gasteiger charge is -2.16. The number of thiazole rings is 1. The number of aromatic nitrogens is 1. The number of rotatable bonds is 11. The van der Waals surface area contributed by atoms with E-state index in [4.69, 9.17) is 5.26 Å². The van der Waals surface area contributed by atoms with Gasteiger partial charge in [0.05, 0.1) is 22.3 Å². The highest BCUT2D eigenvalue weighted by atomic mass is 32.2. The van der Waals surface area contributed by atoms with Crippen LogP contribution in [0.25, 0.3) is 10.2 Å². The Morgan fingerprint density at radius 1 is 1.15 bits per heavy atom. The molecular weight excluding hydrogens is 472 g/mol. The van der Waals surface area contributed by atoms with E-state index in [9.17, 15) is 14.4 Å². The smallest absolute Gasteiger partial charge is 0.315 e. The first-order valence-electron chi connectivity index (χ1n) is 11.6. The van der Waals surface area contributed by atoms with Crippen molar-refractivity contribution in [1.82, 2.24) is 20.9 Å². The van der Waals surface area contributed by atoms with E-state index in [-0.39, 0.29) is 29.9 Å². The lowest BCUT2D eigenvalue weighted by molar-refractivity contribution is -0.121. The van der Waals surface area contributed by atoms with Gasteiger partial charge in [-0.15, -0.1) is 11.3 Å². The normalized spacial score (nSPS) is 20.9. The van der Waals surface area contributed by atoms with E-state index in [1.54, 1.807) is 12.1 Å².